The molecule has 6 rings (SSSR count). The van der Waals surface area contributed by atoms with Crippen LogP contribution in [0, 0.1) is 0 Å². The van der Waals surface area contributed by atoms with Crippen LogP contribution in [-0.4, -0.2) is 59.0 Å². The summed E-state index contributed by atoms with van der Waals surface area (Å²) in [7, 11) is 0. The van der Waals surface area contributed by atoms with E-state index in [0.29, 0.717) is 6.04 Å². The summed E-state index contributed by atoms with van der Waals surface area (Å²) in [4.78, 5) is 31.4. The Morgan fingerprint density at radius 2 is 1.94 bits per heavy atom. The van der Waals surface area contributed by atoms with Crippen molar-refractivity contribution < 1.29 is 4.79 Å². The molecule has 178 valence electrons. The Morgan fingerprint density at radius 3 is 2.71 bits per heavy atom. The molecule has 0 bridgehead atoms. The van der Waals surface area contributed by atoms with E-state index >= 15 is 0 Å². The van der Waals surface area contributed by atoms with Crippen LogP contribution in [0.15, 0.2) is 35.2 Å². The number of fused-ring (bicyclic) bond motifs is 3. The fourth-order valence-electron chi connectivity index (χ4n) is 5.01. The van der Waals surface area contributed by atoms with Gasteiger partial charge in [-0.15, -0.1) is 23.1 Å². The molecule has 1 amide bonds. The number of thioether (sulfide) groups is 1. The van der Waals surface area contributed by atoms with Gasteiger partial charge in [0.05, 0.1) is 17.2 Å². The molecule has 3 aromatic rings. The molecule has 2 fully saturated rings. The molecule has 2 aromatic heterocycles. The second kappa shape index (κ2) is 9.47. The number of thiophene rings is 1. The number of nitrogens with one attached hydrogen (secondary N) is 1. The van der Waals surface area contributed by atoms with Crippen molar-refractivity contribution in [3.63, 3.8) is 0 Å². The quantitative estimate of drug-likeness (QED) is 0.496. The van der Waals surface area contributed by atoms with E-state index in [1.165, 1.54) is 33.6 Å². The highest BCUT2D eigenvalue weighted by molar-refractivity contribution is 7.98. The molecule has 2 aliphatic carbocycles. The van der Waals surface area contributed by atoms with Gasteiger partial charge in [-0.3, -0.25) is 9.69 Å². The van der Waals surface area contributed by atoms with E-state index in [4.69, 9.17) is 9.97 Å². The molecular formula is C26H31N5OS2. The van der Waals surface area contributed by atoms with Crippen LogP contribution in [0.1, 0.15) is 42.5 Å². The van der Waals surface area contributed by atoms with Gasteiger partial charge in [-0.05, 0) is 56.7 Å². The molecule has 0 unspecified atom stereocenters. The van der Waals surface area contributed by atoms with Crippen molar-refractivity contribution in [2.24, 2.45) is 0 Å². The topological polar surface area (TPSA) is 61.4 Å². The number of piperazine rings is 1. The number of carbonyl (C=O) groups is 1. The van der Waals surface area contributed by atoms with Crippen molar-refractivity contribution in [3.05, 3.63) is 46.6 Å². The van der Waals surface area contributed by atoms with Crippen LogP contribution in [0.25, 0.3) is 10.2 Å². The number of amides is 1. The molecule has 3 heterocycles. The standard InChI is InChI=1S/C26H31N5OS2/c1-17(25(32)27-18-10-11-18)30-12-14-31(15-13-30)24-23-20-8-5-9-21(20)34-26(23)29-22(28-24)16-33-19-6-3-2-4-7-19/h2-4,6-7,17-18H,5,8-16H2,1H3,(H,27,32)/t17-/m0/s1. The predicted octanol–water partition coefficient (Wildman–Crippen LogP) is 4.26. The first kappa shape index (κ1) is 22.3. The van der Waals surface area contributed by atoms with Crippen molar-refractivity contribution in [1.82, 2.24) is 20.2 Å². The molecule has 0 radical (unpaired) electrons. The predicted molar refractivity (Wildman–Crippen MR) is 140 cm³/mol. The second-order valence-electron chi connectivity index (χ2n) is 9.58. The fourth-order valence-corrected chi connectivity index (χ4v) is 7.06. The molecule has 6 nitrogen and oxygen atoms in total. The largest absolute Gasteiger partial charge is 0.353 e. The summed E-state index contributed by atoms with van der Waals surface area (Å²) in [6.45, 7) is 5.59. The smallest absolute Gasteiger partial charge is 0.237 e. The Kier molecular flexibility index (Phi) is 6.22. The summed E-state index contributed by atoms with van der Waals surface area (Å²) in [5, 5.41) is 4.45. The number of aromatic nitrogens is 2. The van der Waals surface area contributed by atoms with Gasteiger partial charge in [-0.1, -0.05) is 18.2 Å². The van der Waals surface area contributed by atoms with Gasteiger partial charge < -0.3 is 10.2 Å². The average molecular weight is 494 g/mol. The molecule has 1 aromatic carbocycles. The van der Waals surface area contributed by atoms with E-state index in [1.54, 1.807) is 11.8 Å². The van der Waals surface area contributed by atoms with E-state index in [0.717, 1.165) is 67.7 Å². The van der Waals surface area contributed by atoms with Crippen LogP contribution in [-0.2, 0) is 23.4 Å². The third kappa shape index (κ3) is 4.55. The normalized spacial score (nSPS) is 19.4. The highest BCUT2D eigenvalue weighted by Gasteiger charge is 2.31. The van der Waals surface area contributed by atoms with Gasteiger partial charge >= 0.3 is 0 Å². The van der Waals surface area contributed by atoms with Crippen molar-refractivity contribution in [1.29, 1.82) is 0 Å². The van der Waals surface area contributed by atoms with Gasteiger partial charge in [-0.2, -0.15) is 0 Å². The van der Waals surface area contributed by atoms with Crippen molar-refractivity contribution in [3.8, 4) is 0 Å². The zero-order valence-electron chi connectivity index (χ0n) is 19.6. The maximum atomic E-state index is 12.6. The summed E-state index contributed by atoms with van der Waals surface area (Å²) in [5.41, 5.74) is 1.48. The van der Waals surface area contributed by atoms with Crippen molar-refractivity contribution in [2.45, 2.75) is 61.8 Å². The molecule has 34 heavy (non-hydrogen) atoms. The van der Waals surface area contributed by atoms with Crippen molar-refractivity contribution in [2.75, 3.05) is 31.1 Å². The minimum Gasteiger partial charge on any atom is -0.353 e. The lowest BCUT2D eigenvalue weighted by molar-refractivity contribution is -0.126. The minimum atomic E-state index is -0.0728. The van der Waals surface area contributed by atoms with Crippen LogP contribution in [0.3, 0.4) is 0 Å². The Bertz CT molecular complexity index is 1180. The monoisotopic (exact) mass is 493 g/mol. The number of benzene rings is 1. The van der Waals surface area contributed by atoms with Crippen LogP contribution < -0.4 is 10.2 Å². The molecule has 1 saturated carbocycles. The Hall–Kier alpha value is -2.16. The highest BCUT2D eigenvalue weighted by Crippen LogP contribution is 2.41. The second-order valence-corrected chi connectivity index (χ2v) is 11.7. The SMILES string of the molecule is C[C@@H](C(=O)NC1CC1)N1CCN(c2nc(CSc3ccccc3)nc3sc4c(c23)CCC4)CC1. The highest BCUT2D eigenvalue weighted by atomic mass is 32.2. The van der Waals surface area contributed by atoms with Gasteiger partial charge in [-0.25, -0.2) is 9.97 Å². The van der Waals surface area contributed by atoms with E-state index < -0.39 is 0 Å². The Morgan fingerprint density at radius 1 is 1.15 bits per heavy atom. The molecule has 1 N–H and O–H groups in total. The molecule has 1 saturated heterocycles. The fraction of sp³-hybridized carbons (Fsp3) is 0.500. The van der Waals surface area contributed by atoms with Crippen LogP contribution in [0.5, 0.6) is 0 Å². The van der Waals surface area contributed by atoms with Gasteiger partial charge in [0.2, 0.25) is 5.91 Å². The summed E-state index contributed by atoms with van der Waals surface area (Å²) in [6.07, 6.45) is 5.81. The molecule has 3 aliphatic rings. The summed E-state index contributed by atoms with van der Waals surface area (Å²) >= 11 is 3.66. The first-order valence-corrected chi connectivity index (χ1v) is 14.2. The molecule has 1 atom stereocenters. The lowest BCUT2D eigenvalue weighted by Crippen LogP contribution is -2.54. The molecule has 1 aliphatic heterocycles. The number of rotatable bonds is 7. The molecular weight excluding hydrogens is 462 g/mol. The van der Waals surface area contributed by atoms with Crippen LogP contribution >= 0.6 is 23.1 Å². The summed E-state index contributed by atoms with van der Waals surface area (Å²) in [6, 6.07) is 10.8. The minimum absolute atomic E-state index is 0.0728. The van der Waals surface area contributed by atoms with Crippen LogP contribution in [0.4, 0.5) is 5.82 Å². The number of anilines is 1. The zero-order chi connectivity index (χ0) is 23.1. The van der Waals surface area contributed by atoms with E-state index in [-0.39, 0.29) is 11.9 Å². The van der Waals surface area contributed by atoms with Gasteiger partial charge in [0.1, 0.15) is 16.5 Å². The molecule has 8 heteroatoms. The number of nitrogens with zero attached hydrogens (tertiary/aromatic N) is 4. The van der Waals surface area contributed by atoms with E-state index in [9.17, 15) is 4.79 Å². The number of carbonyl (C=O) groups excluding carboxylic acids is 1. The van der Waals surface area contributed by atoms with E-state index in [1.807, 2.05) is 24.3 Å². The Balaban J connectivity index is 1.22. The Labute approximate surface area is 209 Å². The number of hydrogen-bond donors (Lipinski definition) is 1. The average Bonchev–Trinajstić information content (AvgIpc) is 3.45. The maximum Gasteiger partial charge on any atom is 0.237 e. The number of hydrogen-bond acceptors (Lipinski definition) is 7. The van der Waals surface area contributed by atoms with Crippen LogP contribution in [0.2, 0.25) is 0 Å². The lowest BCUT2D eigenvalue weighted by Gasteiger charge is -2.38. The summed E-state index contributed by atoms with van der Waals surface area (Å²) in [5.74, 6) is 2.98. The van der Waals surface area contributed by atoms with Gasteiger partial charge in [0.25, 0.3) is 0 Å². The lowest BCUT2D eigenvalue weighted by atomic mass is 10.1. The zero-order valence-corrected chi connectivity index (χ0v) is 21.3. The molecule has 0 spiro atoms. The first-order chi connectivity index (χ1) is 16.7. The number of aryl methyl sites for hydroxylation is 2. The third-order valence-electron chi connectivity index (χ3n) is 7.17. The maximum absolute atomic E-state index is 12.6. The van der Waals surface area contributed by atoms with Crippen molar-refractivity contribution >= 4 is 45.0 Å². The third-order valence-corrected chi connectivity index (χ3v) is 9.36. The summed E-state index contributed by atoms with van der Waals surface area (Å²) < 4.78 is 0. The first-order valence-electron chi connectivity index (χ1n) is 12.4. The van der Waals surface area contributed by atoms with E-state index in [2.05, 4.69) is 39.4 Å². The van der Waals surface area contributed by atoms with Gasteiger partial charge in [0, 0.05) is 42.0 Å². The van der Waals surface area contributed by atoms with Gasteiger partial charge in [0.15, 0.2) is 0 Å².